The third-order valence-electron chi connectivity index (χ3n) is 2.40. The van der Waals surface area contributed by atoms with Gasteiger partial charge in [-0.3, -0.25) is 0 Å². The monoisotopic (exact) mass is 233 g/mol. The van der Waals surface area contributed by atoms with Crippen LogP contribution in [0.5, 0.6) is 0 Å². The number of carbonyl (C=O) groups excluding carboxylic acids is 1. The number of rotatable bonds is 3. The molecule has 0 saturated heterocycles. The maximum absolute atomic E-state index is 12.8. The number of hydrogen-bond donors (Lipinski definition) is 1. The highest BCUT2D eigenvalue weighted by atomic mass is 19.1. The van der Waals surface area contributed by atoms with E-state index in [2.05, 4.69) is 4.98 Å². The normalized spacial score (nSPS) is 10.2. The highest BCUT2D eigenvalue weighted by molar-refractivity contribution is 5.97. The lowest BCUT2D eigenvalue weighted by Gasteiger charge is -2.03. The van der Waals surface area contributed by atoms with Crippen molar-refractivity contribution < 1.29 is 13.9 Å². The lowest BCUT2D eigenvalue weighted by atomic mass is 10.0. The van der Waals surface area contributed by atoms with Gasteiger partial charge in [0, 0.05) is 18.0 Å². The molecule has 1 heterocycles. The molecule has 0 spiro atoms. The fourth-order valence-electron chi connectivity index (χ4n) is 1.61. The van der Waals surface area contributed by atoms with E-state index in [4.69, 9.17) is 4.74 Å². The van der Waals surface area contributed by atoms with Gasteiger partial charge in [0.2, 0.25) is 0 Å². The van der Waals surface area contributed by atoms with Gasteiger partial charge in [-0.2, -0.15) is 0 Å². The average molecular weight is 233 g/mol. The fraction of sp³-hybridized carbons (Fsp3) is 0.154. The number of hydrogen-bond acceptors (Lipinski definition) is 2. The summed E-state index contributed by atoms with van der Waals surface area (Å²) in [6.45, 7) is 2.08. The molecule has 0 unspecified atom stereocenters. The Morgan fingerprint density at radius 1 is 1.29 bits per heavy atom. The second-order valence-electron chi connectivity index (χ2n) is 3.51. The second-order valence-corrected chi connectivity index (χ2v) is 3.51. The summed E-state index contributed by atoms with van der Waals surface area (Å²) in [6, 6.07) is 5.97. The minimum absolute atomic E-state index is 0.304. The van der Waals surface area contributed by atoms with Gasteiger partial charge < -0.3 is 9.72 Å². The van der Waals surface area contributed by atoms with Crippen molar-refractivity contribution >= 4 is 5.97 Å². The van der Waals surface area contributed by atoms with Crippen LogP contribution in [0.3, 0.4) is 0 Å². The van der Waals surface area contributed by atoms with Gasteiger partial charge in [0.05, 0.1) is 12.2 Å². The molecule has 0 aliphatic heterocycles. The zero-order valence-corrected chi connectivity index (χ0v) is 9.37. The molecule has 2 aromatic rings. The van der Waals surface area contributed by atoms with Crippen molar-refractivity contribution in [2.24, 2.45) is 0 Å². The van der Waals surface area contributed by atoms with Crippen LogP contribution in [-0.4, -0.2) is 17.6 Å². The van der Waals surface area contributed by atoms with E-state index in [9.17, 15) is 9.18 Å². The lowest BCUT2D eigenvalue weighted by molar-refractivity contribution is 0.0527. The molecule has 0 amide bonds. The quantitative estimate of drug-likeness (QED) is 0.828. The van der Waals surface area contributed by atoms with E-state index in [0.717, 1.165) is 5.56 Å². The Morgan fingerprint density at radius 3 is 2.65 bits per heavy atom. The largest absolute Gasteiger partial charge is 0.462 e. The Labute approximate surface area is 98.2 Å². The molecule has 1 aromatic heterocycles. The second kappa shape index (κ2) is 4.82. The minimum atomic E-state index is -0.381. The van der Waals surface area contributed by atoms with Crippen molar-refractivity contribution in [3.63, 3.8) is 0 Å². The van der Waals surface area contributed by atoms with Crippen molar-refractivity contribution in [3.8, 4) is 11.1 Å². The van der Waals surface area contributed by atoms with Crippen LogP contribution >= 0.6 is 0 Å². The summed E-state index contributed by atoms with van der Waals surface area (Å²) < 4.78 is 17.7. The van der Waals surface area contributed by atoms with E-state index in [1.165, 1.54) is 12.1 Å². The van der Waals surface area contributed by atoms with Gasteiger partial charge in [-0.1, -0.05) is 12.1 Å². The van der Waals surface area contributed by atoms with Gasteiger partial charge in [-0.15, -0.1) is 0 Å². The van der Waals surface area contributed by atoms with E-state index in [1.54, 1.807) is 31.5 Å². The van der Waals surface area contributed by atoms with Crippen molar-refractivity contribution in [2.75, 3.05) is 6.61 Å². The molecule has 0 radical (unpaired) electrons. The highest BCUT2D eigenvalue weighted by Crippen LogP contribution is 2.24. The maximum Gasteiger partial charge on any atom is 0.340 e. The molecule has 0 saturated carbocycles. The summed E-state index contributed by atoms with van der Waals surface area (Å²) in [5, 5.41) is 0. The Bertz CT molecular complexity index is 516. The third kappa shape index (κ3) is 2.36. The molecular formula is C13H12FNO2. The van der Waals surface area contributed by atoms with E-state index < -0.39 is 0 Å². The molecule has 1 aromatic carbocycles. The zero-order valence-electron chi connectivity index (χ0n) is 9.37. The van der Waals surface area contributed by atoms with E-state index in [0.29, 0.717) is 17.7 Å². The topological polar surface area (TPSA) is 42.1 Å². The first-order valence-electron chi connectivity index (χ1n) is 5.32. The van der Waals surface area contributed by atoms with E-state index in [-0.39, 0.29) is 11.8 Å². The lowest BCUT2D eigenvalue weighted by Crippen LogP contribution is -2.04. The van der Waals surface area contributed by atoms with Crippen LogP contribution in [0.1, 0.15) is 17.3 Å². The number of esters is 1. The third-order valence-corrected chi connectivity index (χ3v) is 2.40. The van der Waals surface area contributed by atoms with E-state index >= 15 is 0 Å². The van der Waals surface area contributed by atoms with E-state index in [1.807, 2.05) is 0 Å². The first kappa shape index (κ1) is 11.4. The van der Waals surface area contributed by atoms with Crippen LogP contribution in [-0.2, 0) is 4.74 Å². The molecule has 2 rings (SSSR count). The fourth-order valence-corrected chi connectivity index (χ4v) is 1.61. The summed E-state index contributed by atoms with van der Waals surface area (Å²) in [6.07, 6.45) is 3.27. The summed E-state index contributed by atoms with van der Waals surface area (Å²) in [5.41, 5.74) is 1.94. The number of nitrogens with one attached hydrogen (secondary N) is 1. The summed E-state index contributed by atoms with van der Waals surface area (Å²) in [7, 11) is 0. The molecule has 17 heavy (non-hydrogen) atoms. The zero-order chi connectivity index (χ0) is 12.3. The van der Waals surface area contributed by atoms with Crippen LogP contribution in [0.25, 0.3) is 11.1 Å². The molecule has 1 N–H and O–H groups in total. The summed E-state index contributed by atoms with van der Waals surface area (Å²) in [5.74, 6) is -0.685. The smallest absolute Gasteiger partial charge is 0.340 e. The number of aromatic amines is 1. The maximum atomic E-state index is 12.8. The van der Waals surface area contributed by atoms with Gasteiger partial charge in [0.25, 0.3) is 0 Å². The standard InChI is InChI=1S/C13H12FNO2/c1-2-17-13(16)12-8-15-7-11(12)9-3-5-10(14)6-4-9/h3-8,15H,2H2,1H3. The number of H-pyrrole nitrogens is 1. The van der Waals surface area contributed by atoms with Crippen LogP contribution in [0, 0.1) is 5.82 Å². The van der Waals surface area contributed by atoms with Crippen LogP contribution in [0.15, 0.2) is 36.7 Å². The molecular weight excluding hydrogens is 221 g/mol. The van der Waals surface area contributed by atoms with Crippen molar-refractivity contribution in [1.29, 1.82) is 0 Å². The predicted molar refractivity (Wildman–Crippen MR) is 62.1 cm³/mol. The molecule has 4 heteroatoms. The Morgan fingerprint density at radius 2 is 2.00 bits per heavy atom. The summed E-state index contributed by atoms with van der Waals surface area (Å²) in [4.78, 5) is 14.5. The Balaban J connectivity index is 2.36. The number of halogens is 1. The van der Waals surface area contributed by atoms with Crippen molar-refractivity contribution in [2.45, 2.75) is 6.92 Å². The number of benzene rings is 1. The van der Waals surface area contributed by atoms with Crippen molar-refractivity contribution in [1.82, 2.24) is 4.98 Å². The predicted octanol–water partition coefficient (Wildman–Crippen LogP) is 3.00. The summed E-state index contributed by atoms with van der Waals surface area (Å²) >= 11 is 0. The average Bonchev–Trinajstić information content (AvgIpc) is 2.79. The molecule has 0 bridgehead atoms. The molecule has 0 atom stereocenters. The molecule has 0 fully saturated rings. The molecule has 0 aliphatic rings. The van der Waals surface area contributed by atoms with Crippen LogP contribution < -0.4 is 0 Å². The first-order valence-corrected chi connectivity index (χ1v) is 5.32. The Hall–Kier alpha value is -2.10. The van der Waals surface area contributed by atoms with Gasteiger partial charge in [-0.05, 0) is 24.6 Å². The van der Waals surface area contributed by atoms with Gasteiger partial charge in [-0.25, -0.2) is 9.18 Å². The van der Waals surface area contributed by atoms with Gasteiger partial charge in [0.15, 0.2) is 0 Å². The molecule has 3 nitrogen and oxygen atoms in total. The molecule has 88 valence electrons. The van der Waals surface area contributed by atoms with Crippen molar-refractivity contribution in [3.05, 3.63) is 48.0 Å². The SMILES string of the molecule is CCOC(=O)c1c[nH]cc1-c1ccc(F)cc1. The number of carbonyl (C=O) groups is 1. The molecule has 0 aliphatic carbocycles. The minimum Gasteiger partial charge on any atom is -0.462 e. The highest BCUT2D eigenvalue weighted by Gasteiger charge is 2.14. The van der Waals surface area contributed by atoms with Gasteiger partial charge >= 0.3 is 5.97 Å². The van der Waals surface area contributed by atoms with Crippen LogP contribution in [0.4, 0.5) is 4.39 Å². The Kier molecular flexibility index (Phi) is 3.23. The van der Waals surface area contributed by atoms with Crippen LogP contribution in [0.2, 0.25) is 0 Å². The first-order chi connectivity index (χ1) is 8.22. The van der Waals surface area contributed by atoms with Gasteiger partial charge in [0.1, 0.15) is 5.82 Å². The number of ether oxygens (including phenoxy) is 1. The number of aromatic nitrogens is 1.